The Kier molecular flexibility index (Phi) is 5.58. The number of nitrogens with two attached hydrogens (primary N) is 1. The van der Waals surface area contributed by atoms with Crippen LogP contribution in [0.25, 0.3) is 10.9 Å². The number of rotatable bonds is 6. The zero-order valence-electron chi connectivity index (χ0n) is 15.6. The summed E-state index contributed by atoms with van der Waals surface area (Å²) in [5.41, 5.74) is 10.5. The number of carbonyl (C=O) groups is 1. The van der Waals surface area contributed by atoms with Crippen LogP contribution in [0.4, 0.5) is 0 Å². The molecule has 3 aromatic rings. The fraction of sp³-hybridized carbons (Fsp3) is 0.273. The van der Waals surface area contributed by atoms with Crippen molar-refractivity contribution in [2.24, 2.45) is 5.73 Å². The molecule has 0 aliphatic heterocycles. The van der Waals surface area contributed by atoms with Crippen LogP contribution in [0.3, 0.4) is 0 Å². The van der Waals surface area contributed by atoms with E-state index in [9.17, 15) is 4.79 Å². The molecule has 2 aromatic carbocycles. The van der Waals surface area contributed by atoms with Gasteiger partial charge in [0, 0.05) is 30.1 Å². The molecule has 0 aliphatic carbocycles. The van der Waals surface area contributed by atoms with E-state index in [0.717, 1.165) is 23.0 Å². The number of hydrogen-bond donors (Lipinski definition) is 1. The molecule has 0 spiro atoms. The summed E-state index contributed by atoms with van der Waals surface area (Å²) in [5, 5.41) is 9.54. The highest BCUT2D eigenvalue weighted by molar-refractivity contribution is 5.85. The van der Waals surface area contributed by atoms with Crippen LogP contribution >= 0.6 is 0 Å². The third-order valence-corrected chi connectivity index (χ3v) is 4.76. The van der Waals surface area contributed by atoms with E-state index >= 15 is 0 Å². The summed E-state index contributed by atoms with van der Waals surface area (Å²) < 4.78 is 6.52. The van der Waals surface area contributed by atoms with Crippen LogP contribution in [-0.2, 0) is 22.5 Å². The number of benzene rings is 2. The lowest BCUT2D eigenvalue weighted by molar-refractivity contribution is -0.138. The SMILES string of the molecule is CC(C)c1ccc(Cn2cc(C[C@H](N)C(=O)OC#N)c3ccccc32)cc1. The van der Waals surface area contributed by atoms with E-state index < -0.39 is 12.0 Å². The van der Waals surface area contributed by atoms with E-state index in [2.05, 4.69) is 53.5 Å². The number of carbonyl (C=O) groups excluding carboxylic acids is 1. The summed E-state index contributed by atoms with van der Waals surface area (Å²) in [6.07, 6.45) is 3.73. The Hall–Kier alpha value is -3.10. The van der Waals surface area contributed by atoms with Gasteiger partial charge < -0.3 is 15.0 Å². The Balaban J connectivity index is 1.88. The molecule has 0 amide bonds. The van der Waals surface area contributed by atoms with Crippen LogP contribution < -0.4 is 5.73 Å². The number of esters is 1. The molecule has 1 aromatic heterocycles. The lowest BCUT2D eigenvalue weighted by Gasteiger charge is -2.09. The minimum Gasteiger partial charge on any atom is -0.350 e. The van der Waals surface area contributed by atoms with Crippen LogP contribution in [0.15, 0.2) is 54.7 Å². The lowest BCUT2D eigenvalue weighted by atomic mass is 10.0. The van der Waals surface area contributed by atoms with Gasteiger partial charge in [0.05, 0.1) is 0 Å². The molecular weight excluding hydrogens is 338 g/mol. The van der Waals surface area contributed by atoms with Gasteiger partial charge in [0.1, 0.15) is 6.04 Å². The molecule has 0 saturated carbocycles. The van der Waals surface area contributed by atoms with Crippen LogP contribution in [0.5, 0.6) is 0 Å². The van der Waals surface area contributed by atoms with Crippen LogP contribution in [0, 0.1) is 11.5 Å². The van der Waals surface area contributed by atoms with E-state index in [1.807, 2.05) is 24.4 Å². The van der Waals surface area contributed by atoms with Gasteiger partial charge in [-0.2, -0.15) is 0 Å². The highest BCUT2D eigenvalue weighted by Crippen LogP contribution is 2.24. The van der Waals surface area contributed by atoms with Crippen LogP contribution in [0.1, 0.15) is 36.5 Å². The second-order valence-electron chi connectivity index (χ2n) is 7.02. The number of nitrogens with zero attached hydrogens (tertiary/aromatic N) is 2. The van der Waals surface area contributed by atoms with Crippen molar-refractivity contribution < 1.29 is 9.53 Å². The van der Waals surface area contributed by atoms with E-state index in [1.165, 1.54) is 17.4 Å². The average Bonchev–Trinajstić information content (AvgIpc) is 3.00. The molecule has 1 heterocycles. The molecule has 5 nitrogen and oxygen atoms in total. The number of aromatic nitrogens is 1. The smallest absolute Gasteiger partial charge is 0.338 e. The molecule has 0 radical (unpaired) electrons. The fourth-order valence-corrected chi connectivity index (χ4v) is 3.26. The van der Waals surface area contributed by atoms with Crippen molar-refractivity contribution in [3.8, 4) is 6.26 Å². The molecule has 0 aliphatic rings. The zero-order chi connectivity index (χ0) is 19.4. The van der Waals surface area contributed by atoms with Gasteiger partial charge in [0.15, 0.2) is 0 Å². The van der Waals surface area contributed by atoms with Crippen molar-refractivity contribution in [3.05, 3.63) is 71.4 Å². The summed E-state index contributed by atoms with van der Waals surface area (Å²) in [4.78, 5) is 11.7. The van der Waals surface area contributed by atoms with Gasteiger partial charge in [-0.25, -0.2) is 4.79 Å². The van der Waals surface area contributed by atoms with Gasteiger partial charge >= 0.3 is 5.97 Å². The van der Waals surface area contributed by atoms with Crippen LogP contribution in [-0.4, -0.2) is 16.6 Å². The van der Waals surface area contributed by atoms with Gasteiger partial charge in [-0.1, -0.05) is 56.3 Å². The molecule has 2 N–H and O–H groups in total. The van der Waals surface area contributed by atoms with E-state index in [0.29, 0.717) is 12.3 Å². The first kappa shape index (κ1) is 18.7. The molecule has 138 valence electrons. The Morgan fingerprint density at radius 2 is 1.89 bits per heavy atom. The second-order valence-corrected chi connectivity index (χ2v) is 7.02. The third-order valence-electron chi connectivity index (χ3n) is 4.76. The standard InChI is InChI=1S/C22H23N3O2/c1-15(2)17-9-7-16(8-10-17)12-25-13-18(11-20(24)22(26)27-14-23)19-5-3-4-6-21(19)25/h3-10,13,15,20H,11-12,24H2,1-2H3/t20-/m0/s1. The van der Waals surface area contributed by atoms with Gasteiger partial charge in [-0.15, -0.1) is 5.26 Å². The van der Waals surface area contributed by atoms with Gasteiger partial charge in [-0.3, -0.25) is 0 Å². The normalized spacial score (nSPS) is 12.1. The van der Waals surface area contributed by atoms with Crippen molar-refractivity contribution in [2.75, 3.05) is 0 Å². The molecule has 1 atom stereocenters. The summed E-state index contributed by atoms with van der Waals surface area (Å²) in [6, 6.07) is 15.8. The molecule has 0 saturated heterocycles. The molecule has 0 fully saturated rings. The Bertz CT molecular complexity index is 981. The van der Waals surface area contributed by atoms with Crippen molar-refractivity contribution >= 4 is 16.9 Å². The summed E-state index contributed by atoms with van der Waals surface area (Å²) in [5.74, 6) is -0.202. The fourth-order valence-electron chi connectivity index (χ4n) is 3.26. The van der Waals surface area contributed by atoms with Gasteiger partial charge in [0.2, 0.25) is 0 Å². The number of para-hydroxylation sites is 1. The topological polar surface area (TPSA) is 81.0 Å². The number of hydrogen-bond acceptors (Lipinski definition) is 4. The highest BCUT2D eigenvalue weighted by Gasteiger charge is 2.19. The van der Waals surface area contributed by atoms with Crippen LogP contribution in [0.2, 0.25) is 0 Å². The van der Waals surface area contributed by atoms with E-state index in [1.54, 1.807) is 0 Å². The average molecular weight is 361 g/mol. The number of fused-ring (bicyclic) bond motifs is 1. The van der Waals surface area contributed by atoms with Gasteiger partial charge in [-0.05, 0) is 28.7 Å². The third kappa shape index (κ3) is 4.18. The van der Waals surface area contributed by atoms with E-state index in [-0.39, 0.29) is 0 Å². The van der Waals surface area contributed by atoms with Gasteiger partial charge in [0.25, 0.3) is 6.26 Å². The largest absolute Gasteiger partial charge is 0.350 e. The maximum Gasteiger partial charge on any atom is 0.338 e. The summed E-state index contributed by atoms with van der Waals surface area (Å²) in [6.45, 7) is 5.10. The minimum atomic E-state index is -0.866. The molecule has 3 rings (SSSR count). The summed E-state index contributed by atoms with van der Waals surface area (Å²) >= 11 is 0. The minimum absolute atomic E-state index is 0.320. The molecule has 5 heteroatoms. The highest BCUT2D eigenvalue weighted by atomic mass is 16.5. The maximum atomic E-state index is 11.7. The van der Waals surface area contributed by atoms with Crippen molar-refractivity contribution in [1.29, 1.82) is 5.26 Å². The van der Waals surface area contributed by atoms with Crippen molar-refractivity contribution in [1.82, 2.24) is 4.57 Å². The van der Waals surface area contributed by atoms with Crippen molar-refractivity contribution in [2.45, 2.75) is 38.8 Å². The second kappa shape index (κ2) is 8.07. The number of ether oxygens (including phenoxy) is 1. The Labute approximate surface area is 159 Å². The first-order valence-corrected chi connectivity index (χ1v) is 9.00. The zero-order valence-corrected chi connectivity index (χ0v) is 15.6. The maximum absolute atomic E-state index is 11.7. The quantitative estimate of drug-likeness (QED) is 0.536. The molecular formula is C22H23N3O2. The summed E-state index contributed by atoms with van der Waals surface area (Å²) in [7, 11) is 0. The monoisotopic (exact) mass is 361 g/mol. The predicted octanol–water partition coefficient (Wildman–Crippen LogP) is 3.71. The molecule has 27 heavy (non-hydrogen) atoms. The lowest BCUT2D eigenvalue weighted by Crippen LogP contribution is -2.33. The molecule has 0 bridgehead atoms. The molecule has 0 unspecified atom stereocenters. The number of nitriles is 1. The first-order valence-electron chi connectivity index (χ1n) is 9.00. The van der Waals surface area contributed by atoms with Crippen molar-refractivity contribution in [3.63, 3.8) is 0 Å². The Morgan fingerprint density at radius 3 is 2.56 bits per heavy atom. The first-order chi connectivity index (χ1) is 13.0. The predicted molar refractivity (Wildman–Crippen MR) is 105 cm³/mol. The Morgan fingerprint density at radius 1 is 1.19 bits per heavy atom. The van der Waals surface area contributed by atoms with E-state index in [4.69, 9.17) is 11.0 Å².